The zero-order valence-electron chi connectivity index (χ0n) is 12.3. The van der Waals surface area contributed by atoms with Crippen LogP contribution in [0.25, 0.3) is 12.2 Å². The van der Waals surface area contributed by atoms with Gasteiger partial charge in [0.15, 0.2) is 0 Å². The van der Waals surface area contributed by atoms with Crippen molar-refractivity contribution in [2.24, 2.45) is 5.92 Å². The van der Waals surface area contributed by atoms with E-state index in [1.165, 1.54) is 0 Å². The maximum atomic E-state index is 12.0. The van der Waals surface area contributed by atoms with Crippen LogP contribution in [0.2, 0.25) is 0 Å². The molecular formula is C20H18O2. The second-order valence-corrected chi connectivity index (χ2v) is 4.67. The summed E-state index contributed by atoms with van der Waals surface area (Å²) < 4.78 is 4.90. The minimum Gasteiger partial charge on any atom is -0.434 e. The number of hydrogen-bond acceptors (Lipinski definition) is 2. The van der Waals surface area contributed by atoms with Gasteiger partial charge in [0.2, 0.25) is 0 Å². The van der Waals surface area contributed by atoms with Gasteiger partial charge in [0, 0.05) is 0 Å². The predicted molar refractivity (Wildman–Crippen MR) is 90.7 cm³/mol. The lowest BCUT2D eigenvalue weighted by Gasteiger charge is -2.05. The van der Waals surface area contributed by atoms with E-state index in [9.17, 15) is 4.79 Å². The van der Waals surface area contributed by atoms with Crippen LogP contribution in [0.1, 0.15) is 11.1 Å². The lowest BCUT2D eigenvalue weighted by atomic mass is 10.1. The van der Waals surface area contributed by atoms with Crippen LogP contribution in [0, 0.1) is 5.92 Å². The largest absolute Gasteiger partial charge is 0.434 e. The van der Waals surface area contributed by atoms with Gasteiger partial charge in [-0.2, -0.15) is 0 Å². The van der Waals surface area contributed by atoms with Crippen molar-refractivity contribution in [1.82, 2.24) is 0 Å². The van der Waals surface area contributed by atoms with Crippen LogP contribution in [0.15, 0.2) is 85.7 Å². The topological polar surface area (TPSA) is 26.3 Å². The third kappa shape index (κ3) is 4.91. The summed E-state index contributed by atoms with van der Waals surface area (Å²) in [5, 5.41) is 0. The Morgan fingerprint density at radius 3 is 1.73 bits per heavy atom. The SMILES string of the molecule is C=COC(=O)C(C=Cc1ccccc1)C=Cc1ccccc1. The summed E-state index contributed by atoms with van der Waals surface area (Å²) in [5.74, 6) is -0.812. The molecule has 0 amide bonds. The molecule has 2 aromatic carbocycles. The molecule has 0 heterocycles. The molecule has 0 fully saturated rings. The smallest absolute Gasteiger partial charge is 0.321 e. The third-order valence-electron chi connectivity index (χ3n) is 3.06. The molecule has 0 aliphatic carbocycles. The molecule has 0 spiro atoms. The van der Waals surface area contributed by atoms with Crippen molar-refractivity contribution in [1.29, 1.82) is 0 Å². The first kappa shape index (κ1) is 15.5. The van der Waals surface area contributed by atoms with Crippen LogP contribution in [0.4, 0.5) is 0 Å². The minimum absolute atomic E-state index is 0.352. The fourth-order valence-corrected chi connectivity index (χ4v) is 1.94. The molecule has 0 atom stereocenters. The third-order valence-corrected chi connectivity index (χ3v) is 3.06. The van der Waals surface area contributed by atoms with Gasteiger partial charge in [0.25, 0.3) is 0 Å². The summed E-state index contributed by atoms with van der Waals surface area (Å²) in [6.07, 6.45) is 8.61. The number of esters is 1. The molecule has 2 nitrogen and oxygen atoms in total. The second-order valence-electron chi connectivity index (χ2n) is 4.67. The van der Waals surface area contributed by atoms with Crippen molar-refractivity contribution in [3.63, 3.8) is 0 Å². The molecule has 110 valence electrons. The normalized spacial score (nSPS) is 12.4. The molecule has 2 rings (SSSR count). The van der Waals surface area contributed by atoms with Crippen molar-refractivity contribution in [3.05, 3.63) is 96.8 Å². The van der Waals surface area contributed by atoms with E-state index in [-0.39, 0.29) is 5.97 Å². The molecule has 0 bridgehead atoms. The van der Waals surface area contributed by atoms with Crippen LogP contribution >= 0.6 is 0 Å². The number of ether oxygens (including phenoxy) is 1. The van der Waals surface area contributed by atoms with Crippen LogP contribution in [-0.4, -0.2) is 5.97 Å². The molecule has 0 aromatic heterocycles. The summed E-state index contributed by atoms with van der Waals surface area (Å²) in [4.78, 5) is 12.0. The van der Waals surface area contributed by atoms with Gasteiger partial charge < -0.3 is 4.74 Å². The summed E-state index contributed by atoms with van der Waals surface area (Å²) in [7, 11) is 0. The zero-order chi connectivity index (χ0) is 15.6. The number of carbonyl (C=O) groups excluding carboxylic acids is 1. The van der Waals surface area contributed by atoms with Crippen LogP contribution in [0.5, 0.6) is 0 Å². The number of hydrogen-bond donors (Lipinski definition) is 0. The number of carbonyl (C=O) groups is 1. The maximum Gasteiger partial charge on any atom is 0.321 e. The van der Waals surface area contributed by atoms with Gasteiger partial charge in [-0.25, -0.2) is 0 Å². The van der Waals surface area contributed by atoms with E-state index < -0.39 is 5.92 Å². The van der Waals surface area contributed by atoms with Gasteiger partial charge in [-0.1, -0.05) is 91.5 Å². The standard InChI is InChI=1S/C20H18O2/c1-2-22-20(21)19(15-13-17-9-5-3-6-10-17)16-14-18-11-7-4-8-12-18/h2-16,19H,1H2. The Balaban J connectivity index is 2.16. The predicted octanol–water partition coefficient (Wildman–Crippen LogP) is 4.72. The lowest BCUT2D eigenvalue weighted by Crippen LogP contribution is -2.10. The Hall–Kier alpha value is -2.87. The Kier molecular flexibility index (Phi) is 5.94. The minimum atomic E-state index is -0.460. The first-order chi connectivity index (χ1) is 10.8. The Morgan fingerprint density at radius 1 is 0.864 bits per heavy atom. The van der Waals surface area contributed by atoms with Crippen molar-refractivity contribution >= 4 is 18.1 Å². The van der Waals surface area contributed by atoms with Crippen molar-refractivity contribution in [3.8, 4) is 0 Å². The summed E-state index contributed by atoms with van der Waals surface area (Å²) >= 11 is 0. The Bertz CT molecular complexity index is 605. The van der Waals surface area contributed by atoms with E-state index in [0.29, 0.717) is 0 Å². The van der Waals surface area contributed by atoms with Crippen molar-refractivity contribution in [2.45, 2.75) is 0 Å². The summed E-state index contributed by atoms with van der Waals surface area (Å²) in [6, 6.07) is 19.6. The average Bonchev–Trinajstić information content (AvgIpc) is 2.57. The van der Waals surface area contributed by atoms with Gasteiger partial charge in [0.1, 0.15) is 0 Å². The Labute approximate surface area is 131 Å². The van der Waals surface area contributed by atoms with Crippen LogP contribution in [-0.2, 0) is 9.53 Å². The molecule has 0 aliphatic rings. The van der Waals surface area contributed by atoms with E-state index in [0.717, 1.165) is 17.4 Å². The summed E-state index contributed by atoms with van der Waals surface area (Å²) in [5.41, 5.74) is 2.07. The Morgan fingerprint density at radius 2 is 1.32 bits per heavy atom. The van der Waals surface area contributed by atoms with Gasteiger partial charge in [-0.3, -0.25) is 4.79 Å². The van der Waals surface area contributed by atoms with Crippen molar-refractivity contribution in [2.75, 3.05) is 0 Å². The molecule has 0 saturated carbocycles. The molecule has 0 radical (unpaired) electrons. The highest BCUT2D eigenvalue weighted by Crippen LogP contribution is 2.12. The number of benzene rings is 2. The molecule has 0 unspecified atom stereocenters. The van der Waals surface area contributed by atoms with E-state index in [1.807, 2.05) is 85.0 Å². The van der Waals surface area contributed by atoms with Gasteiger partial charge in [-0.15, -0.1) is 0 Å². The maximum absolute atomic E-state index is 12.0. The molecule has 0 aliphatic heterocycles. The molecule has 2 aromatic rings. The first-order valence-electron chi connectivity index (χ1n) is 7.07. The highest BCUT2D eigenvalue weighted by molar-refractivity contribution is 5.79. The second kappa shape index (κ2) is 8.42. The van der Waals surface area contributed by atoms with E-state index >= 15 is 0 Å². The number of rotatable bonds is 6. The zero-order valence-corrected chi connectivity index (χ0v) is 12.3. The molecule has 0 N–H and O–H groups in total. The monoisotopic (exact) mass is 290 g/mol. The van der Waals surface area contributed by atoms with Crippen molar-refractivity contribution < 1.29 is 9.53 Å². The fraction of sp³-hybridized carbons (Fsp3) is 0.0500. The molecule has 22 heavy (non-hydrogen) atoms. The lowest BCUT2D eigenvalue weighted by molar-refractivity contribution is -0.139. The van der Waals surface area contributed by atoms with E-state index in [1.54, 1.807) is 0 Å². The van der Waals surface area contributed by atoms with E-state index in [2.05, 4.69) is 6.58 Å². The molecule has 2 heteroatoms. The van der Waals surface area contributed by atoms with Gasteiger partial charge in [0.05, 0.1) is 12.2 Å². The highest BCUT2D eigenvalue weighted by Gasteiger charge is 2.12. The van der Waals surface area contributed by atoms with Gasteiger partial charge >= 0.3 is 5.97 Å². The first-order valence-corrected chi connectivity index (χ1v) is 7.07. The highest BCUT2D eigenvalue weighted by atomic mass is 16.5. The van der Waals surface area contributed by atoms with Crippen LogP contribution in [0.3, 0.4) is 0 Å². The quantitative estimate of drug-likeness (QED) is 0.568. The molecule has 0 saturated heterocycles. The fourth-order valence-electron chi connectivity index (χ4n) is 1.94. The average molecular weight is 290 g/mol. The van der Waals surface area contributed by atoms with Gasteiger partial charge in [-0.05, 0) is 11.1 Å². The van der Waals surface area contributed by atoms with E-state index in [4.69, 9.17) is 4.74 Å². The summed E-state index contributed by atoms with van der Waals surface area (Å²) in [6.45, 7) is 3.43. The van der Waals surface area contributed by atoms with Crippen LogP contribution < -0.4 is 0 Å². The molecular weight excluding hydrogens is 272 g/mol.